The molecule has 35 heavy (non-hydrogen) atoms. The van der Waals surface area contributed by atoms with Crippen LogP contribution in [-0.4, -0.2) is 0 Å². The Kier molecular flexibility index (Phi) is 32.0. The standard InChI is InChI=1S/C35H71/c1-4-7-10-12-13-14-15-16-17-18-19-20-21-22-23-24-25-26-28-31-34-35(32-29-9-6-3)33-30-27-11-8-5-2/h35H,3-34H2,1-2H3. The van der Waals surface area contributed by atoms with Gasteiger partial charge in [0, 0.05) is 0 Å². The van der Waals surface area contributed by atoms with Crippen LogP contribution in [0.1, 0.15) is 213 Å². The molecule has 0 aromatic carbocycles. The first-order valence-electron chi connectivity index (χ1n) is 17.1. The van der Waals surface area contributed by atoms with Crippen LogP contribution in [0.25, 0.3) is 0 Å². The molecule has 0 heteroatoms. The molecule has 0 amide bonds. The molecule has 0 heterocycles. The van der Waals surface area contributed by atoms with Crippen LogP contribution in [0.15, 0.2) is 0 Å². The van der Waals surface area contributed by atoms with Crippen molar-refractivity contribution in [3.8, 4) is 0 Å². The van der Waals surface area contributed by atoms with Crippen LogP contribution < -0.4 is 0 Å². The van der Waals surface area contributed by atoms with Crippen LogP contribution in [0, 0.1) is 12.8 Å². The van der Waals surface area contributed by atoms with Crippen LogP contribution in [0.5, 0.6) is 0 Å². The summed E-state index contributed by atoms with van der Waals surface area (Å²) in [4.78, 5) is 0. The normalized spacial score (nSPS) is 12.4. The summed E-state index contributed by atoms with van der Waals surface area (Å²) in [7, 11) is 0. The zero-order valence-electron chi connectivity index (χ0n) is 25.2. The highest BCUT2D eigenvalue weighted by Gasteiger charge is 2.08. The quantitative estimate of drug-likeness (QED) is 0.0845. The van der Waals surface area contributed by atoms with Crippen LogP contribution in [0.4, 0.5) is 0 Å². The van der Waals surface area contributed by atoms with E-state index in [1.165, 1.54) is 193 Å². The van der Waals surface area contributed by atoms with Gasteiger partial charge in [0.05, 0.1) is 0 Å². The minimum Gasteiger partial charge on any atom is -0.0654 e. The molecule has 0 aromatic rings. The van der Waals surface area contributed by atoms with Gasteiger partial charge >= 0.3 is 0 Å². The van der Waals surface area contributed by atoms with Gasteiger partial charge in [0.25, 0.3) is 0 Å². The lowest BCUT2D eigenvalue weighted by Gasteiger charge is -2.17. The molecule has 0 spiro atoms. The van der Waals surface area contributed by atoms with Gasteiger partial charge in [-0.15, -0.1) is 0 Å². The fourth-order valence-corrected chi connectivity index (χ4v) is 5.77. The molecule has 0 aromatic heterocycles. The van der Waals surface area contributed by atoms with Gasteiger partial charge in [-0.05, 0) is 5.92 Å². The number of hydrogen-bond acceptors (Lipinski definition) is 0. The third-order valence-electron chi connectivity index (χ3n) is 8.29. The maximum atomic E-state index is 4.04. The van der Waals surface area contributed by atoms with Crippen molar-refractivity contribution in [3.05, 3.63) is 6.92 Å². The molecule has 1 atom stereocenters. The second-order valence-corrected chi connectivity index (χ2v) is 11.9. The molecular weight excluding hydrogens is 420 g/mol. The average molecular weight is 492 g/mol. The fourth-order valence-electron chi connectivity index (χ4n) is 5.77. The van der Waals surface area contributed by atoms with Crippen LogP contribution in [0.3, 0.4) is 0 Å². The summed E-state index contributed by atoms with van der Waals surface area (Å²) in [6.45, 7) is 8.66. The third kappa shape index (κ3) is 30.1. The van der Waals surface area contributed by atoms with Gasteiger partial charge in [-0.25, -0.2) is 0 Å². The Morgan fingerprint density at radius 1 is 0.314 bits per heavy atom. The van der Waals surface area contributed by atoms with Crippen LogP contribution in [-0.2, 0) is 0 Å². The first-order valence-corrected chi connectivity index (χ1v) is 17.1. The van der Waals surface area contributed by atoms with Crippen molar-refractivity contribution in [2.24, 2.45) is 5.92 Å². The zero-order valence-corrected chi connectivity index (χ0v) is 25.2. The number of hydrogen-bond donors (Lipinski definition) is 0. The lowest BCUT2D eigenvalue weighted by Crippen LogP contribution is -2.01. The molecule has 211 valence electrons. The van der Waals surface area contributed by atoms with Crippen molar-refractivity contribution >= 4 is 0 Å². The van der Waals surface area contributed by atoms with E-state index in [9.17, 15) is 0 Å². The highest BCUT2D eigenvalue weighted by Crippen LogP contribution is 2.24. The molecule has 1 radical (unpaired) electrons. The molecule has 0 aliphatic heterocycles. The van der Waals surface area contributed by atoms with E-state index in [1.807, 2.05) is 0 Å². The van der Waals surface area contributed by atoms with E-state index in [1.54, 1.807) is 0 Å². The van der Waals surface area contributed by atoms with Crippen molar-refractivity contribution in [1.29, 1.82) is 0 Å². The smallest absolute Gasteiger partial charge is 0.0414 e. The summed E-state index contributed by atoms with van der Waals surface area (Å²) in [6, 6.07) is 0. The third-order valence-corrected chi connectivity index (χ3v) is 8.29. The fraction of sp³-hybridized carbons (Fsp3) is 0.971. The van der Waals surface area contributed by atoms with Gasteiger partial charge in [-0.2, -0.15) is 0 Å². The van der Waals surface area contributed by atoms with Crippen molar-refractivity contribution in [2.75, 3.05) is 0 Å². The van der Waals surface area contributed by atoms with Crippen molar-refractivity contribution in [1.82, 2.24) is 0 Å². The Balaban J connectivity index is 3.37. The molecule has 0 N–H and O–H groups in total. The minimum absolute atomic E-state index is 1.01. The molecule has 0 aliphatic carbocycles. The van der Waals surface area contributed by atoms with Crippen molar-refractivity contribution < 1.29 is 0 Å². The van der Waals surface area contributed by atoms with Crippen molar-refractivity contribution in [2.45, 2.75) is 213 Å². The largest absolute Gasteiger partial charge is 0.0654 e. The summed E-state index contributed by atoms with van der Waals surface area (Å²) in [5.41, 5.74) is 0. The molecule has 0 rings (SSSR count). The highest BCUT2D eigenvalue weighted by atomic mass is 14.1. The van der Waals surface area contributed by atoms with Crippen molar-refractivity contribution in [3.63, 3.8) is 0 Å². The Morgan fingerprint density at radius 2 is 0.543 bits per heavy atom. The topological polar surface area (TPSA) is 0 Å². The van der Waals surface area contributed by atoms with Gasteiger partial charge in [0.2, 0.25) is 0 Å². The van der Waals surface area contributed by atoms with Gasteiger partial charge in [0.1, 0.15) is 0 Å². The highest BCUT2D eigenvalue weighted by molar-refractivity contribution is 4.62. The van der Waals surface area contributed by atoms with Gasteiger partial charge < -0.3 is 0 Å². The molecular formula is C35H71. The molecule has 0 nitrogen and oxygen atoms in total. The predicted octanol–water partition coefficient (Wildman–Crippen LogP) is 13.6. The van der Waals surface area contributed by atoms with E-state index in [0.717, 1.165) is 12.3 Å². The second-order valence-electron chi connectivity index (χ2n) is 11.9. The molecule has 1 unspecified atom stereocenters. The van der Waals surface area contributed by atoms with Crippen LogP contribution >= 0.6 is 0 Å². The maximum Gasteiger partial charge on any atom is -0.0414 e. The molecule has 0 saturated carbocycles. The molecule has 0 bridgehead atoms. The maximum absolute atomic E-state index is 4.04. The van der Waals surface area contributed by atoms with E-state index in [4.69, 9.17) is 0 Å². The Hall–Kier alpha value is 0. The predicted molar refractivity (Wildman–Crippen MR) is 163 cm³/mol. The SMILES string of the molecule is [CH2]CCCCC(CCCCCCC)CCCCCCCCCCCCCCCCCCCCCC. The molecule has 0 aliphatic rings. The first kappa shape index (κ1) is 35.0. The monoisotopic (exact) mass is 492 g/mol. The molecule has 0 fully saturated rings. The zero-order chi connectivity index (χ0) is 25.5. The second kappa shape index (κ2) is 32.0. The summed E-state index contributed by atoms with van der Waals surface area (Å²) in [5.74, 6) is 1.01. The lowest BCUT2D eigenvalue weighted by atomic mass is 9.89. The van der Waals surface area contributed by atoms with Gasteiger partial charge in [-0.3, -0.25) is 0 Å². The summed E-state index contributed by atoms with van der Waals surface area (Å²) in [5, 5.41) is 0. The van der Waals surface area contributed by atoms with E-state index in [0.29, 0.717) is 0 Å². The van der Waals surface area contributed by atoms with E-state index in [2.05, 4.69) is 20.8 Å². The van der Waals surface area contributed by atoms with Gasteiger partial charge in [0.15, 0.2) is 0 Å². The summed E-state index contributed by atoms with van der Waals surface area (Å²) >= 11 is 0. The van der Waals surface area contributed by atoms with Gasteiger partial charge in [-0.1, -0.05) is 220 Å². The number of rotatable bonds is 31. The van der Waals surface area contributed by atoms with E-state index < -0.39 is 0 Å². The Labute approximate surface area is 225 Å². The van der Waals surface area contributed by atoms with E-state index in [-0.39, 0.29) is 0 Å². The summed E-state index contributed by atoms with van der Waals surface area (Å²) < 4.78 is 0. The average Bonchev–Trinajstić information content (AvgIpc) is 2.87. The Bertz CT molecular complexity index is 346. The number of unbranched alkanes of at least 4 members (excludes halogenated alkanes) is 25. The molecule has 0 saturated heterocycles. The van der Waals surface area contributed by atoms with E-state index >= 15 is 0 Å². The van der Waals surface area contributed by atoms with Crippen LogP contribution in [0.2, 0.25) is 0 Å². The first-order chi connectivity index (χ1) is 17.3. The lowest BCUT2D eigenvalue weighted by molar-refractivity contribution is 0.369. The summed E-state index contributed by atoms with van der Waals surface area (Å²) in [6.07, 6.45) is 45.2. The Morgan fingerprint density at radius 3 is 0.800 bits per heavy atom. The minimum atomic E-state index is 1.01.